The molecule has 0 radical (unpaired) electrons. The molecule has 3 aliphatic rings. The average Bonchev–Trinajstić information content (AvgIpc) is 3.30. The Hall–Kier alpha value is -1.58. The summed E-state index contributed by atoms with van der Waals surface area (Å²) < 4.78 is 0. The van der Waals surface area contributed by atoms with Crippen LogP contribution in [-0.4, -0.2) is 37.6 Å². The van der Waals surface area contributed by atoms with E-state index in [1.54, 1.807) is 11.3 Å². The maximum atomic E-state index is 12.2. The Morgan fingerprint density at radius 3 is 3.04 bits per heavy atom. The number of nitriles is 1. The van der Waals surface area contributed by atoms with Crippen molar-refractivity contribution in [1.82, 2.24) is 10.6 Å². The number of carbonyl (C=O) groups excluding carboxylic acids is 1. The zero-order chi connectivity index (χ0) is 15.8. The molecule has 2 unspecified atom stereocenters. The molecule has 0 spiro atoms. The second-order valence-electron chi connectivity index (χ2n) is 6.74. The number of thiophene rings is 1. The van der Waals surface area contributed by atoms with E-state index >= 15 is 0 Å². The Kier molecular flexibility index (Phi) is 4.00. The highest BCUT2D eigenvalue weighted by molar-refractivity contribution is 7.16. The SMILES string of the molecule is N#Cc1c(N2CCC(NC(=O)C3CCCN3)C2)sc2c1CCC2. The Balaban J connectivity index is 1.43. The summed E-state index contributed by atoms with van der Waals surface area (Å²) >= 11 is 1.80. The lowest BCUT2D eigenvalue weighted by Crippen LogP contribution is -2.46. The van der Waals surface area contributed by atoms with Gasteiger partial charge < -0.3 is 15.5 Å². The summed E-state index contributed by atoms with van der Waals surface area (Å²) in [5.41, 5.74) is 2.18. The van der Waals surface area contributed by atoms with E-state index in [2.05, 4.69) is 21.6 Å². The molecule has 0 bridgehead atoms. The van der Waals surface area contributed by atoms with Crippen molar-refractivity contribution in [2.75, 3.05) is 24.5 Å². The maximum absolute atomic E-state index is 12.2. The highest BCUT2D eigenvalue weighted by Gasteiger charge is 2.32. The van der Waals surface area contributed by atoms with Gasteiger partial charge >= 0.3 is 0 Å². The van der Waals surface area contributed by atoms with Crippen LogP contribution < -0.4 is 15.5 Å². The Labute approximate surface area is 140 Å². The van der Waals surface area contributed by atoms with Crippen molar-refractivity contribution in [2.45, 2.75) is 50.6 Å². The standard InChI is InChI=1S/C17H22N4OS/c18-9-13-12-3-1-5-15(12)23-17(13)21-8-6-11(10-21)20-16(22)14-4-2-7-19-14/h11,14,19H,1-8,10H2,(H,20,22). The summed E-state index contributed by atoms with van der Waals surface area (Å²) in [6.45, 7) is 2.70. The second kappa shape index (κ2) is 6.14. The normalized spacial score (nSPS) is 26.3. The topological polar surface area (TPSA) is 68.2 Å². The molecule has 2 N–H and O–H groups in total. The fraction of sp³-hybridized carbons (Fsp3) is 0.647. The molecule has 1 aromatic heterocycles. The summed E-state index contributed by atoms with van der Waals surface area (Å²) in [5, 5.41) is 17.1. The maximum Gasteiger partial charge on any atom is 0.237 e. The predicted molar refractivity (Wildman–Crippen MR) is 90.8 cm³/mol. The molecule has 2 fully saturated rings. The number of hydrogen-bond acceptors (Lipinski definition) is 5. The highest BCUT2D eigenvalue weighted by Crippen LogP contribution is 2.41. The van der Waals surface area contributed by atoms with E-state index in [4.69, 9.17) is 0 Å². The first-order valence-corrected chi connectivity index (χ1v) is 9.41. The number of fused-ring (bicyclic) bond motifs is 1. The Bertz CT molecular complexity index is 656. The number of nitrogens with one attached hydrogen (secondary N) is 2. The zero-order valence-corrected chi connectivity index (χ0v) is 14.0. The zero-order valence-electron chi connectivity index (χ0n) is 13.2. The van der Waals surface area contributed by atoms with Crippen LogP contribution in [0.5, 0.6) is 0 Å². The van der Waals surface area contributed by atoms with Gasteiger partial charge in [-0.1, -0.05) is 0 Å². The van der Waals surface area contributed by atoms with Crippen LogP contribution in [0.1, 0.15) is 41.7 Å². The van der Waals surface area contributed by atoms with Gasteiger partial charge in [-0.25, -0.2) is 0 Å². The molecular weight excluding hydrogens is 308 g/mol. The third-order valence-electron chi connectivity index (χ3n) is 5.21. The average molecular weight is 330 g/mol. The number of nitrogens with zero attached hydrogens (tertiary/aromatic N) is 2. The summed E-state index contributed by atoms with van der Waals surface area (Å²) in [6, 6.07) is 2.62. The van der Waals surface area contributed by atoms with Gasteiger partial charge in [0.15, 0.2) is 0 Å². The molecule has 23 heavy (non-hydrogen) atoms. The monoisotopic (exact) mass is 330 g/mol. The number of anilines is 1. The second-order valence-corrected chi connectivity index (χ2v) is 7.82. The number of carbonyl (C=O) groups is 1. The van der Waals surface area contributed by atoms with Crippen molar-refractivity contribution >= 4 is 22.2 Å². The molecule has 5 nitrogen and oxygen atoms in total. The first-order valence-electron chi connectivity index (χ1n) is 8.59. The molecule has 1 aromatic rings. The van der Waals surface area contributed by atoms with E-state index in [0.717, 1.165) is 62.3 Å². The predicted octanol–water partition coefficient (Wildman–Crippen LogP) is 1.56. The van der Waals surface area contributed by atoms with Gasteiger partial charge in [0.1, 0.15) is 11.1 Å². The molecule has 1 amide bonds. The summed E-state index contributed by atoms with van der Waals surface area (Å²) in [5.74, 6) is 0.142. The molecule has 0 aromatic carbocycles. The molecule has 2 atom stereocenters. The molecule has 6 heteroatoms. The van der Waals surface area contributed by atoms with Gasteiger partial charge in [0.05, 0.1) is 11.6 Å². The van der Waals surface area contributed by atoms with Crippen LogP contribution in [-0.2, 0) is 17.6 Å². The first kappa shape index (κ1) is 15.0. The van der Waals surface area contributed by atoms with E-state index in [0.29, 0.717) is 0 Å². The minimum Gasteiger partial charge on any atom is -0.360 e. The van der Waals surface area contributed by atoms with Crippen LogP contribution in [0.15, 0.2) is 0 Å². The molecule has 1 aliphatic carbocycles. The third-order valence-corrected chi connectivity index (χ3v) is 6.57. The fourth-order valence-corrected chi connectivity index (χ4v) is 5.37. The van der Waals surface area contributed by atoms with Gasteiger partial charge in [-0.15, -0.1) is 11.3 Å². The summed E-state index contributed by atoms with van der Waals surface area (Å²) in [6.07, 6.45) is 6.35. The molecule has 3 heterocycles. The van der Waals surface area contributed by atoms with Crippen molar-refractivity contribution in [3.63, 3.8) is 0 Å². The van der Waals surface area contributed by atoms with Gasteiger partial charge in [-0.05, 0) is 50.6 Å². The van der Waals surface area contributed by atoms with Gasteiger partial charge in [-0.3, -0.25) is 4.79 Å². The van der Waals surface area contributed by atoms with Crippen molar-refractivity contribution in [3.05, 3.63) is 16.0 Å². The van der Waals surface area contributed by atoms with Crippen LogP contribution in [0.2, 0.25) is 0 Å². The van der Waals surface area contributed by atoms with Crippen molar-refractivity contribution < 1.29 is 4.79 Å². The summed E-state index contributed by atoms with van der Waals surface area (Å²) in [4.78, 5) is 15.9. The molecule has 2 saturated heterocycles. The van der Waals surface area contributed by atoms with E-state index in [9.17, 15) is 10.1 Å². The Morgan fingerprint density at radius 1 is 1.35 bits per heavy atom. The first-order chi connectivity index (χ1) is 11.3. The van der Waals surface area contributed by atoms with Gasteiger partial charge in [0.2, 0.25) is 5.91 Å². The summed E-state index contributed by atoms with van der Waals surface area (Å²) in [7, 11) is 0. The fourth-order valence-electron chi connectivity index (χ4n) is 4.00. The van der Waals surface area contributed by atoms with Gasteiger partial charge in [-0.2, -0.15) is 5.26 Å². The molecular formula is C17H22N4OS. The van der Waals surface area contributed by atoms with E-state index in [1.807, 2.05) is 0 Å². The minimum atomic E-state index is -0.00995. The van der Waals surface area contributed by atoms with Crippen molar-refractivity contribution in [1.29, 1.82) is 5.26 Å². The van der Waals surface area contributed by atoms with E-state index in [1.165, 1.54) is 16.9 Å². The lowest BCUT2D eigenvalue weighted by atomic mass is 10.1. The van der Waals surface area contributed by atoms with Crippen LogP contribution in [0.4, 0.5) is 5.00 Å². The Morgan fingerprint density at radius 2 is 2.26 bits per heavy atom. The molecule has 2 aliphatic heterocycles. The van der Waals surface area contributed by atoms with Crippen LogP contribution in [0.25, 0.3) is 0 Å². The third kappa shape index (κ3) is 2.73. The van der Waals surface area contributed by atoms with Crippen molar-refractivity contribution in [2.24, 2.45) is 0 Å². The number of amides is 1. The largest absolute Gasteiger partial charge is 0.360 e. The smallest absolute Gasteiger partial charge is 0.237 e. The van der Waals surface area contributed by atoms with Crippen LogP contribution in [0, 0.1) is 11.3 Å². The molecule has 4 rings (SSSR count). The van der Waals surface area contributed by atoms with E-state index in [-0.39, 0.29) is 18.0 Å². The van der Waals surface area contributed by atoms with Crippen LogP contribution >= 0.6 is 11.3 Å². The van der Waals surface area contributed by atoms with Crippen molar-refractivity contribution in [3.8, 4) is 6.07 Å². The lowest BCUT2D eigenvalue weighted by molar-refractivity contribution is -0.123. The molecule has 0 saturated carbocycles. The molecule has 122 valence electrons. The van der Waals surface area contributed by atoms with Gasteiger partial charge in [0.25, 0.3) is 0 Å². The number of aryl methyl sites for hydroxylation is 1. The number of rotatable bonds is 3. The highest BCUT2D eigenvalue weighted by atomic mass is 32.1. The van der Waals surface area contributed by atoms with Crippen LogP contribution in [0.3, 0.4) is 0 Å². The minimum absolute atomic E-state index is 0.00995. The number of hydrogen-bond donors (Lipinski definition) is 2. The quantitative estimate of drug-likeness (QED) is 0.882. The van der Waals surface area contributed by atoms with E-state index < -0.39 is 0 Å². The lowest BCUT2D eigenvalue weighted by Gasteiger charge is -2.19. The van der Waals surface area contributed by atoms with Gasteiger partial charge in [0, 0.05) is 24.0 Å².